The van der Waals surface area contributed by atoms with Crippen LogP contribution in [0.4, 0.5) is 5.69 Å². The molecule has 32 heavy (non-hydrogen) atoms. The minimum atomic E-state index is -0.166. The zero-order valence-corrected chi connectivity index (χ0v) is 20.0. The van der Waals surface area contributed by atoms with Crippen LogP contribution in [-0.2, 0) is 12.1 Å². The predicted octanol–water partition coefficient (Wildman–Crippen LogP) is 0.567. The Morgan fingerprint density at radius 2 is 1.59 bits per heavy atom. The third-order valence-electron chi connectivity index (χ3n) is 6.43. The van der Waals surface area contributed by atoms with E-state index in [0.29, 0.717) is 0 Å². The van der Waals surface area contributed by atoms with Crippen molar-refractivity contribution in [3.63, 3.8) is 0 Å². The van der Waals surface area contributed by atoms with Gasteiger partial charge in [0.1, 0.15) is 32.7 Å². The molecule has 0 aliphatic carbocycles. The molecule has 0 amide bonds. The molecular formula is C25H37N7+2. The minimum Gasteiger partial charge on any atom is -0.378 e. The number of anilines is 1. The van der Waals surface area contributed by atoms with E-state index >= 15 is 0 Å². The van der Waals surface area contributed by atoms with Crippen molar-refractivity contribution >= 4 is 5.69 Å². The number of hydrogen-bond acceptors (Lipinski definition) is 4. The average Bonchev–Trinajstić information content (AvgIpc) is 3.26. The molecule has 0 saturated carbocycles. The van der Waals surface area contributed by atoms with E-state index in [1.807, 2.05) is 4.68 Å². The van der Waals surface area contributed by atoms with Crippen LogP contribution in [0, 0.1) is 0 Å². The van der Waals surface area contributed by atoms with Gasteiger partial charge in [0.25, 0.3) is 0 Å². The lowest BCUT2D eigenvalue weighted by Crippen LogP contribution is -3.27. The van der Waals surface area contributed by atoms with Gasteiger partial charge in [0.2, 0.25) is 5.82 Å². The standard InChI is InChI=1S/C25H35N7/c1-25(2,3)32-24(26-27-28-32)23(21-11-13-22(14-12-21)29(4)5)31-17-15-30(16-18-31)19-20-9-7-6-8-10-20/h6-14,23H,15-19H2,1-5H3/p+2/t23-/m0/s1. The maximum Gasteiger partial charge on any atom is 0.214 e. The molecule has 1 aromatic heterocycles. The third-order valence-corrected chi connectivity index (χ3v) is 6.43. The highest BCUT2D eigenvalue weighted by molar-refractivity contribution is 5.46. The maximum absolute atomic E-state index is 4.54. The van der Waals surface area contributed by atoms with E-state index in [9.17, 15) is 0 Å². The van der Waals surface area contributed by atoms with Gasteiger partial charge in [0, 0.05) is 30.9 Å². The van der Waals surface area contributed by atoms with Crippen molar-refractivity contribution in [2.24, 2.45) is 0 Å². The van der Waals surface area contributed by atoms with Crippen molar-refractivity contribution in [1.82, 2.24) is 20.2 Å². The van der Waals surface area contributed by atoms with E-state index in [1.54, 1.807) is 9.80 Å². The summed E-state index contributed by atoms with van der Waals surface area (Å²) in [5.74, 6) is 0.955. The molecule has 2 N–H and O–H groups in total. The predicted molar refractivity (Wildman–Crippen MR) is 127 cm³/mol. The zero-order valence-electron chi connectivity index (χ0n) is 20.0. The number of hydrogen-bond donors (Lipinski definition) is 2. The second kappa shape index (κ2) is 9.38. The van der Waals surface area contributed by atoms with Crippen LogP contribution in [0.25, 0.3) is 0 Å². The number of piperazine rings is 1. The summed E-state index contributed by atoms with van der Waals surface area (Å²) in [7, 11) is 4.15. The fourth-order valence-electron chi connectivity index (χ4n) is 4.66. The van der Waals surface area contributed by atoms with Gasteiger partial charge in [-0.1, -0.05) is 42.5 Å². The summed E-state index contributed by atoms with van der Waals surface area (Å²) in [6.45, 7) is 12.1. The topological polar surface area (TPSA) is 55.7 Å². The second-order valence-electron chi connectivity index (χ2n) is 10.1. The molecule has 1 fully saturated rings. The van der Waals surface area contributed by atoms with E-state index in [1.165, 1.54) is 16.8 Å². The molecule has 1 aliphatic rings. The minimum absolute atomic E-state index is 0.124. The van der Waals surface area contributed by atoms with Gasteiger partial charge in [-0.25, -0.2) is 4.68 Å². The van der Waals surface area contributed by atoms with Gasteiger partial charge in [-0.2, -0.15) is 0 Å². The summed E-state index contributed by atoms with van der Waals surface area (Å²) in [6.07, 6.45) is 0. The summed E-state index contributed by atoms with van der Waals surface area (Å²) < 4.78 is 2.01. The first-order valence-electron chi connectivity index (χ1n) is 11.6. The molecule has 1 atom stereocenters. The Bertz CT molecular complexity index is 981. The second-order valence-corrected chi connectivity index (χ2v) is 10.1. The molecule has 3 aromatic rings. The van der Waals surface area contributed by atoms with Crippen LogP contribution < -0.4 is 14.7 Å². The molecule has 1 aliphatic heterocycles. The van der Waals surface area contributed by atoms with Gasteiger partial charge in [-0.3, -0.25) is 0 Å². The van der Waals surface area contributed by atoms with Crippen LogP contribution in [0.5, 0.6) is 0 Å². The number of benzene rings is 2. The summed E-state index contributed by atoms with van der Waals surface area (Å²) in [4.78, 5) is 5.33. The molecule has 2 heterocycles. The van der Waals surface area contributed by atoms with E-state index < -0.39 is 0 Å². The summed E-state index contributed by atoms with van der Waals surface area (Å²) in [6, 6.07) is 19.8. The Kier molecular flexibility index (Phi) is 6.58. The zero-order chi connectivity index (χ0) is 22.7. The van der Waals surface area contributed by atoms with E-state index in [4.69, 9.17) is 0 Å². The number of nitrogens with zero attached hydrogens (tertiary/aromatic N) is 5. The molecule has 7 nitrogen and oxygen atoms in total. The molecule has 4 rings (SSSR count). The van der Waals surface area contributed by atoms with Crippen LogP contribution in [-0.4, -0.2) is 60.5 Å². The molecule has 0 radical (unpaired) electrons. The van der Waals surface area contributed by atoms with Gasteiger partial charge in [0.05, 0.1) is 5.54 Å². The normalized spacial score (nSPS) is 20.2. The first-order valence-corrected chi connectivity index (χ1v) is 11.6. The number of rotatable bonds is 6. The Hall–Kier alpha value is -2.77. The van der Waals surface area contributed by atoms with Crippen molar-refractivity contribution in [3.05, 3.63) is 71.5 Å². The Labute approximate surface area is 191 Å². The summed E-state index contributed by atoms with van der Waals surface area (Å²) >= 11 is 0. The molecule has 1 saturated heterocycles. The SMILES string of the molecule is CN(C)c1ccc([C@@H](c2nnnn2C(C)(C)C)[NH+]2CC[NH+](Cc3ccccc3)CC2)cc1. The molecule has 0 bridgehead atoms. The molecule has 0 spiro atoms. The highest BCUT2D eigenvalue weighted by Crippen LogP contribution is 2.24. The number of nitrogens with one attached hydrogen (secondary N) is 2. The molecule has 7 heteroatoms. The Morgan fingerprint density at radius 1 is 0.938 bits per heavy atom. The number of tetrazole rings is 1. The van der Waals surface area contributed by atoms with Gasteiger partial charge in [0.15, 0.2) is 6.04 Å². The van der Waals surface area contributed by atoms with Crippen LogP contribution in [0.15, 0.2) is 54.6 Å². The van der Waals surface area contributed by atoms with Gasteiger partial charge >= 0.3 is 0 Å². The lowest BCUT2D eigenvalue weighted by Gasteiger charge is -2.35. The van der Waals surface area contributed by atoms with Crippen LogP contribution in [0.2, 0.25) is 0 Å². The Balaban J connectivity index is 1.58. The van der Waals surface area contributed by atoms with Crippen molar-refractivity contribution in [2.45, 2.75) is 38.9 Å². The molecular weight excluding hydrogens is 398 g/mol. The van der Waals surface area contributed by atoms with Crippen LogP contribution in [0.3, 0.4) is 0 Å². The highest BCUT2D eigenvalue weighted by Gasteiger charge is 2.37. The average molecular weight is 436 g/mol. The van der Waals surface area contributed by atoms with Crippen molar-refractivity contribution in [2.75, 3.05) is 45.2 Å². The van der Waals surface area contributed by atoms with E-state index in [-0.39, 0.29) is 11.6 Å². The first-order chi connectivity index (χ1) is 15.3. The van der Waals surface area contributed by atoms with Gasteiger partial charge in [-0.15, -0.1) is 5.10 Å². The van der Waals surface area contributed by atoms with Crippen molar-refractivity contribution < 1.29 is 9.80 Å². The first kappa shape index (κ1) is 22.4. The largest absolute Gasteiger partial charge is 0.378 e. The smallest absolute Gasteiger partial charge is 0.214 e. The molecule has 0 unspecified atom stereocenters. The van der Waals surface area contributed by atoms with E-state index in [0.717, 1.165) is 38.5 Å². The van der Waals surface area contributed by atoms with E-state index in [2.05, 4.69) is 110 Å². The van der Waals surface area contributed by atoms with Crippen molar-refractivity contribution in [3.8, 4) is 0 Å². The fraction of sp³-hybridized carbons (Fsp3) is 0.480. The third kappa shape index (κ3) is 5.00. The molecule has 170 valence electrons. The maximum atomic E-state index is 4.54. The fourth-order valence-corrected chi connectivity index (χ4v) is 4.66. The lowest BCUT2D eigenvalue weighted by atomic mass is 10.0. The van der Waals surface area contributed by atoms with Crippen LogP contribution >= 0.6 is 0 Å². The highest BCUT2D eigenvalue weighted by atomic mass is 15.6. The van der Waals surface area contributed by atoms with Crippen LogP contribution in [0.1, 0.15) is 43.8 Å². The quantitative estimate of drug-likeness (QED) is 0.594. The monoisotopic (exact) mass is 435 g/mol. The number of quaternary nitrogens is 2. The molecule has 2 aromatic carbocycles. The lowest BCUT2D eigenvalue weighted by molar-refractivity contribution is -1.03. The van der Waals surface area contributed by atoms with Gasteiger partial charge < -0.3 is 14.7 Å². The van der Waals surface area contributed by atoms with Gasteiger partial charge in [-0.05, 0) is 43.3 Å². The summed E-state index contributed by atoms with van der Waals surface area (Å²) in [5.41, 5.74) is 3.73. The van der Waals surface area contributed by atoms with Crippen molar-refractivity contribution in [1.29, 1.82) is 0 Å². The Morgan fingerprint density at radius 3 is 2.19 bits per heavy atom. The number of aromatic nitrogens is 4. The summed E-state index contributed by atoms with van der Waals surface area (Å²) in [5, 5.41) is 13.0.